The summed E-state index contributed by atoms with van der Waals surface area (Å²) < 4.78 is 1.90. The van der Waals surface area contributed by atoms with Crippen molar-refractivity contribution in [2.45, 2.75) is 43.9 Å². The van der Waals surface area contributed by atoms with Gasteiger partial charge in [-0.15, -0.1) is 0 Å². The summed E-state index contributed by atoms with van der Waals surface area (Å²) >= 11 is 0. The fourth-order valence-corrected chi connectivity index (χ4v) is 3.46. The van der Waals surface area contributed by atoms with Gasteiger partial charge in [-0.25, -0.2) is 0 Å². The summed E-state index contributed by atoms with van der Waals surface area (Å²) in [6.45, 7) is 1.61. The molecule has 0 spiro atoms. The third-order valence-corrected chi connectivity index (χ3v) is 4.64. The number of amides is 1. The molecule has 0 bridgehead atoms. The Hall–Kier alpha value is -2.21. The molecule has 120 valence electrons. The third kappa shape index (κ3) is 2.99. The topological polar surface area (TPSA) is 63.1 Å². The Morgan fingerprint density at radius 3 is 2.87 bits per heavy atom. The molecule has 2 fully saturated rings. The number of carbonyl (C=O) groups is 1. The lowest BCUT2D eigenvalue weighted by atomic mass is 10.0. The number of rotatable bonds is 6. The molecule has 23 heavy (non-hydrogen) atoms. The van der Waals surface area contributed by atoms with E-state index in [0.29, 0.717) is 12.5 Å². The normalized spacial score (nSPS) is 24.3. The predicted octanol–water partition coefficient (Wildman–Crippen LogP) is 1.37. The minimum Gasteiger partial charge on any atom is -0.331 e. The maximum atomic E-state index is 12.5. The highest BCUT2D eigenvalue weighted by molar-refractivity contribution is 5.81. The summed E-state index contributed by atoms with van der Waals surface area (Å²) in [6.07, 6.45) is 10.2. The molecule has 2 atom stereocenters. The Labute approximate surface area is 135 Å². The van der Waals surface area contributed by atoms with Crippen molar-refractivity contribution in [3.63, 3.8) is 0 Å². The number of hydrogen-bond acceptors (Lipinski definition) is 4. The van der Waals surface area contributed by atoms with Crippen LogP contribution < -0.4 is 5.32 Å². The first-order valence-electron chi connectivity index (χ1n) is 8.25. The molecule has 0 radical (unpaired) electrons. The second-order valence-corrected chi connectivity index (χ2v) is 6.30. The monoisotopic (exact) mass is 311 g/mol. The van der Waals surface area contributed by atoms with Crippen LogP contribution in [0, 0.1) is 0 Å². The van der Waals surface area contributed by atoms with Crippen molar-refractivity contribution in [3.05, 3.63) is 48.5 Å². The lowest BCUT2D eigenvalue weighted by molar-refractivity contribution is -0.129. The van der Waals surface area contributed by atoms with Gasteiger partial charge in [0.1, 0.15) is 0 Å². The standard InChI is InChI=1S/C17H21N5O/c23-16-11-15(19-8-10-21-9-2-7-20-21)17(22(16)14-4-5-14)13-3-1-6-18-12-13/h1-3,6-7,9,12,14-15,17,19H,4-5,8,10-11H2/t15-,17+/m1/s1. The average Bonchev–Trinajstić information content (AvgIpc) is 3.16. The van der Waals surface area contributed by atoms with Gasteiger partial charge in [0.25, 0.3) is 0 Å². The van der Waals surface area contributed by atoms with Crippen LogP contribution in [-0.2, 0) is 11.3 Å². The number of pyridine rings is 1. The van der Waals surface area contributed by atoms with Gasteiger partial charge in [0.15, 0.2) is 0 Å². The molecule has 1 aliphatic heterocycles. The molecule has 1 saturated heterocycles. The highest BCUT2D eigenvalue weighted by Gasteiger charge is 2.46. The number of likely N-dealkylation sites (tertiary alicyclic amines) is 1. The molecule has 6 nitrogen and oxygen atoms in total. The molecular weight excluding hydrogens is 290 g/mol. The Morgan fingerprint density at radius 1 is 1.26 bits per heavy atom. The van der Waals surface area contributed by atoms with Crippen molar-refractivity contribution in [2.24, 2.45) is 0 Å². The molecule has 4 rings (SSSR count). The van der Waals surface area contributed by atoms with E-state index in [-0.39, 0.29) is 18.0 Å². The van der Waals surface area contributed by atoms with E-state index < -0.39 is 0 Å². The number of hydrogen-bond donors (Lipinski definition) is 1. The zero-order valence-electron chi connectivity index (χ0n) is 13.0. The van der Waals surface area contributed by atoms with Crippen LogP contribution in [0.5, 0.6) is 0 Å². The average molecular weight is 311 g/mol. The minimum atomic E-state index is 0.0984. The van der Waals surface area contributed by atoms with E-state index in [2.05, 4.69) is 26.4 Å². The van der Waals surface area contributed by atoms with Crippen molar-refractivity contribution in [3.8, 4) is 0 Å². The van der Waals surface area contributed by atoms with Crippen LogP contribution in [0.3, 0.4) is 0 Å². The second kappa shape index (κ2) is 6.12. The summed E-state index contributed by atoms with van der Waals surface area (Å²) in [5.74, 6) is 0.262. The van der Waals surface area contributed by atoms with E-state index in [0.717, 1.165) is 31.5 Å². The van der Waals surface area contributed by atoms with Gasteiger partial charge in [-0.2, -0.15) is 5.10 Å². The maximum absolute atomic E-state index is 12.5. The van der Waals surface area contributed by atoms with Crippen molar-refractivity contribution in [1.82, 2.24) is 25.0 Å². The number of nitrogens with zero attached hydrogens (tertiary/aromatic N) is 4. The molecule has 0 aromatic carbocycles. The van der Waals surface area contributed by atoms with Gasteiger partial charge in [-0.1, -0.05) is 6.07 Å². The Morgan fingerprint density at radius 2 is 2.17 bits per heavy atom. The Balaban J connectivity index is 1.49. The van der Waals surface area contributed by atoms with E-state index in [1.54, 1.807) is 12.4 Å². The van der Waals surface area contributed by atoms with Gasteiger partial charge >= 0.3 is 0 Å². The smallest absolute Gasteiger partial charge is 0.225 e. The summed E-state index contributed by atoms with van der Waals surface area (Å²) in [6, 6.07) is 6.61. The van der Waals surface area contributed by atoms with Gasteiger partial charge in [0.05, 0.1) is 12.6 Å². The van der Waals surface area contributed by atoms with Crippen LogP contribution >= 0.6 is 0 Å². The molecular formula is C17H21N5O. The number of nitrogens with one attached hydrogen (secondary N) is 1. The summed E-state index contributed by atoms with van der Waals surface area (Å²) in [4.78, 5) is 18.8. The lowest BCUT2D eigenvalue weighted by Crippen LogP contribution is -2.38. The molecule has 2 aromatic heterocycles. The third-order valence-electron chi connectivity index (χ3n) is 4.64. The Kier molecular flexibility index (Phi) is 3.83. The van der Waals surface area contributed by atoms with Gasteiger partial charge in [-0.3, -0.25) is 14.5 Å². The van der Waals surface area contributed by atoms with Crippen molar-refractivity contribution in [1.29, 1.82) is 0 Å². The largest absolute Gasteiger partial charge is 0.331 e. The first kappa shape index (κ1) is 14.4. The highest BCUT2D eigenvalue weighted by atomic mass is 16.2. The Bertz CT molecular complexity index is 653. The van der Waals surface area contributed by atoms with Crippen LogP contribution in [0.1, 0.15) is 30.9 Å². The van der Waals surface area contributed by atoms with E-state index in [9.17, 15) is 4.79 Å². The molecule has 0 unspecified atom stereocenters. The molecule has 3 heterocycles. The summed E-state index contributed by atoms with van der Waals surface area (Å²) in [5.41, 5.74) is 1.13. The SMILES string of the molecule is O=C1C[C@@H](NCCn2cccn2)[C@H](c2cccnc2)N1C1CC1. The van der Waals surface area contributed by atoms with Gasteiger partial charge in [0, 0.05) is 49.8 Å². The predicted molar refractivity (Wildman–Crippen MR) is 85.5 cm³/mol. The zero-order valence-corrected chi connectivity index (χ0v) is 13.0. The molecule has 1 N–H and O–H groups in total. The van der Waals surface area contributed by atoms with Crippen LogP contribution in [0.2, 0.25) is 0 Å². The van der Waals surface area contributed by atoms with Crippen LogP contribution in [0.25, 0.3) is 0 Å². The van der Waals surface area contributed by atoms with E-state index in [4.69, 9.17) is 0 Å². The first-order chi connectivity index (χ1) is 11.3. The zero-order chi connectivity index (χ0) is 15.6. The molecule has 1 aliphatic carbocycles. The van der Waals surface area contributed by atoms with Crippen LogP contribution in [-0.4, -0.2) is 44.2 Å². The quantitative estimate of drug-likeness (QED) is 0.875. The van der Waals surface area contributed by atoms with Gasteiger partial charge < -0.3 is 10.2 Å². The van der Waals surface area contributed by atoms with E-state index in [1.807, 2.05) is 29.2 Å². The van der Waals surface area contributed by atoms with Crippen molar-refractivity contribution in [2.75, 3.05) is 6.54 Å². The van der Waals surface area contributed by atoms with Gasteiger partial charge in [-0.05, 0) is 30.5 Å². The van der Waals surface area contributed by atoms with Crippen LogP contribution in [0.15, 0.2) is 43.0 Å². The molecule has 1 amide bonds. The lowest BCUT2D eigenvalue weighted by Gasteiger charge is -2.29. The minimum absolute atomic E-state index is 0.0984. The van der Waals surface area contributed by atoms with E-state index >= 15 is 0 Å². The van der Waals surface area contributed by atoms with Crippen LogP contribution in [0.4, 0.5) is 0 Å². The second-order valence-electron chi connectivity index (χ2n) is 6.30. The summed E-state index contributed by atoms with van der Waals surface area (Å²) in [7, 11) is 0. The van der Waals surface area contributed by atoms with Gasteiger partial charge in [0.2, 0.25) is 5.91 Å². The van der Waals surface area contributed by atoms with E-state index in [1.165, 1.54) is 0 Å². The fourth-order valence-electron chi connectivity index (χ4n) is 3.46. The highest BCUT2D eigenvalue weighted by Crippen LogP contribution is 2.41. The first-order valence-corrected chi connectivity index (χ1v) is 8.25. The number of carbonyl (C=O) groups excluding carboxylic acids is 1. The summed E-state index contributed by atoms with van der Waals surface area (Å²) in [5, 5.41) is 7.78. The molecule has 2 aromatic rings. The number of aromatic nitrogens is 3. The molecule has 6 heteroatoms. The van der Waals surface area contributed by atoms with Crippen molar-refractivity contribution < 1.29 is 4.79 Å². The molecule has 1 saturated carbocycles. The fraction of sp³-hybridized carbons (Fsp3) is 0.471. The van der Waals surface area contributed by atoms with Crippen molar-refractivity contribution >= 4 is 5.91 Å². The molecule has 2 aliphatic rings. The maximum Gasteiger partial charge on any atom is 0.225 e.